The summed E-state index contributed by atoms with van der Waals surface area (Å²) in [6, 6.07) is 16.6. The molecule has 0 saturated carbocycles. The Hall–Kier alpha value is -1.88. The van der Waals surface area contributed by atoms with E-state index in [9.17, 15) is 9.90 Å². The topological polar surface area (TPSA) is 89.3 Å². The molecule has 0 bridgehead atoms. The second kappa shape index (κ2) is 8.83. The third-order valence-corrected chi connectivity index (χ3v) is 4.53. The van der Waals surface area contributed by atoms with Crippen LogP contribution in [-0.4, -0.2) is 23.2 Å². The molecular formula is C19H23ClN2O2. The average Bonchev–Trinajstić information content (AvgIpc) is 2.56. The summed E-state index contributed by atoms with van der Waals surface area (Å²) < 4.78 is 0. The van der Waals surface area contributed by atoms with Crippen LogP contribution in [-0.2, 0) is 17.6 Å². The lowest BCUT2D eigenvalue weighted by Crippen LogP contribution is -2.40. The van der Waals surface area contributed by atoms with E-state index >= 15 is 0 Å². The summed E-state index contributed by atoms with van der Waals surface area (Å²) in [4.78, 5) is 11.8. The Morgan fingerprint density at radius 2 is 1.67 bits per heavy atom. The molecular weight excluding hydrogens is 324 g/mol. The largest absolute Gasteiger partial charge is 0.391 e. The molecule has 0 spiro atoms. The van der Waals surface area contributed by atoms with Crippen LogP contribution in [0.3, 0.4) is 0 Å². The van der Waals surface area contributed by atoms with Gasteiger partial charge < -0.3 is 16.6 Å². The molecule has 0 aliphatic heterocycles. The Morgan fingerprint density at radius 3 is 2.29 bits per heavy atom. The van der Waals surface area contributed by atoms with Gasteiger partial charge in [0.15, 0.2) is 0 Å². The number of hydrogen-bond acceptors (Lipinski definition) is 3. The zero-order valence-electron chi connectivity index (χ0n) is 13.4. The second-order valence-electron chi connectivity index (χ2n) is 6.05. The van der Waals surface area contributed by atoms with E-state index in [1.165, 1.54) is 0 Å². The van der Waals surface area contributed by atoms with E-state index in [4.69, 9.17) is 23.1 Å². The van der Waals surface area contributed by atoms with Crippen molar-refractivity contribution in [2.45, 2.75) is 31.4 Å². The maximum absolute atomic E-state index is 11.8. The Labute approximate surface area is 147 Å². The maximum atomic E-state index is 11.8. The van der Waals surface area contributed by atoms with Crippen LogP contribution in [0.25, 0.3) is 0 Å². The highest BCUT2D eigenvalue weighted by Gasteiger charge is 2.25. The van der Waals surface area contributed by atoms with E-state index in [0.29, 0.717) is 17.9 Å². The highest BCUT2D eigenvalue weighted by Crippen LogP contribution is 2.22. The minimum atomic E-state index is -0.815. The average molecular weight is 347 g/mol. The first kappa shape index (κ1) is 18.5. The van der Waals surface area contributed by atoms with Gasteiger partial charge in [-0.05, 0) is 36.5 Å². The molecule has 0 fully saturated rings. The standard InChI is InChI=1S/C19H23ClN2O2/c20-16-9-5-4-8-14(16)11-15(19(22)24)12-18(23)17(21)10-13-6-2-1-3-7-13/h1-9,15,17-18,23H,10-12,21H2,(H2,22,24)/t15-,17+,18+/m1/s1. The number of carbonyl (C=O) groups excluding carboxylic acids is 1. The van der Waals surface area contributed by atoms with Gasteiger partial charge in [-0.1, -0.05) is 60.1 Å². The molecule has 1 amide bonds. The number of nitrogens with two attached hydrogens (primary N) is 2. The van der Waals surface area contributed by atoms with Crippen LogP contribution in [0, 0.1) is 5.92 Å². The highest BCUT2D eigenvalue weighted by molar-refractivity contribution is 6.31. The summed E-state index contributed by atoms with van der Waals surface area (Å²) in [7, 11) is 0. The summed E-state index contributed by atoms with van der Waals surface area (Å²) in [5.74, 6) is -0.970. The van der Waals surface area contributed by atoms with Crippen molar-refractivity contribution in [2.75, 3.05) is 0 Å². The highest BCUT2D eigenvalue weighted by atomic mass is 35.5. The van der Waals surface area contributed by atoms with E-state index in [2.05, 4.69) is 0 Å². The molecule has 3 atom stereocenters. The minimum Gasteiger partial charge on any atom is -0.391 e. The van der Waals surface area contributed by atoms with Crippen molar-refractivity contribution in [2.24, 2.45) is 17.4 Å². The fraction of sp³-hybridized carbons (Fsp3) is 0.316. The van der Waals surface area contributed by atoms with Crippen LogP contribution < -0.4 is 11.5 Å². The Kier molecular flexibility index (Phi) is 6.79. The third-order valence-electron chi connectivity index (χ3n) is 4.16. The van der Waals surface area contributed by atoms with Crippen LogP contribution >= 0.6 is 11.6 Å². The Balaban J connectivity index is 1.99. The lowest BCUT2D eigenvalue weighted by molar-refractivity contribution is -0.122. The molecule has 0 saturated heterocycles. The fourth-order valence-corrected chi connectivity index (χ4v) is 2.93. The van der Waals surface area contributed by atoms with Gasteiger partial charge in [0.2, 0.25) is 5.91 Å². The zero-order valence-corrected chi connectivity index (χ0v) is 14.2. The molecule has 4 nitrogen and oxygen atoms in total. The summed E-state index contributed by atoms with van der Waals surface area (Å²) in [6.07, 6.45) is 0.336. The Bertz CT molecular complexity index is 663. The van der Waals surface area contributed by atoms with Crippen molar-refractivity contribution in [1.82, 2.24) is 0 Å². The molecule has 0 unspecified atom stereocenters. The molecule has 2 rings (SSSR count). The SMILES string of the molecule is NC(=O)[C@H](Cc1ccccc1Cl)C[C@H](O)[C@@H](N)Cc1ccccc1. The van der Waals surface area contributed by atoms with Crippen molar-refractivity contribution >= 4 is 17.5 Å². The third kappa shape index (κ3) is 5.34. The predicted octanol–water partition coefficient (Wildman–Crippen LogP) is 2.30. The molecule has 2 aromatic carbocycles. The van der Waals surface area contributed by atoms with Gasteiger partial charge >= 0.3 is 0 Å². The van der Waals surface area contributed by atoms with Crippen LogP contribution in [0.1, 0.15) is 17.5 Å². The predicted molar refractivity (Wildman–Crippen MR) is 96.6 cm³/mol. The van der Waals surface area contributed by atoms with Crippen LogP contribution in [0.5, 0.6) is 0 Å². The van der Waals surface area contributed by atoms with E-state index in [-0.39, 0.29) is 6.42 Å². The van der Waals surface area contributed by atoms with Crippen LogP contribution in [0.4, 0.5) is 0 Å². The molecule has 0 radical (unpaired) electrons. The van der Waals surface area contributed by atoms with Gasteiger partial charge in [-0.15, -0.1) is 0 Å². The quantitative estimate of drug-likeness (QED) is 0.685. The van der Waals surface area contributed by atoms with E-state index < -0.39 is 24.0 Å². The van der Waals surface area contributed by atoms with E-state index in [1.807, 2.05) is 48.5 Å². The number of primary amides is 1. The molecule has 24 heavy (non-hydrogen) atoms. The van der Waals surface area contributed by atoms with Gasteiger partial charge in [0.1, 0.15) is 0 Å². The van der Waals surface area contributed by atoms with Crippen molar-refractivity contribution < 1.29 is 9.90 Å². The van der Waals surface area contributed by atoms with E-state index in [1.54, 1.807) is 6.07 Å². The lowest BCUT2D eigenvalue weighted by atomic mass is 9.89. The first-order valence-electron chi connectivity index (χ1n) is 7.97. The molecule has 5 N–H and O–H groups in total. The number of aliphatic hydroxyl groups excluding tert-OH is 1. The van der Waals surface area contributed by atoms with Gasteiger partial charge in [0.05, 0.1) is 6.10 Å². The van der Waals surface area contributed by atoms with Gasteiger partial charge in [0.25, 0.3) is 0 Å². The number of benzene rings is 2. The molecule has 0 heterocycles. The normalized spacial score (nSPS) is 14.8. The van der Waals surface area contributed by atoms with Gasteiger partial charge in [0, 0.05) is 17.0 Å². The van der Waals surface area contributed by atoms with Gasteiger partial charge in [-0.3, -0.25) is 4.79 Å². The minimum absolute atomic E-state index is 0.217. The zero-order chi connectivity index (χ0) is 17.5. The lowest BCUT2D eigenvalue weighted by Gasteiger charge is -2.23. The molecule has 128 valence electrons. The van der Waals surface area contributed by atoms with Crippen molar-refractivity contribution in [3.8, 4) is 0 Å². The monoisotopic (exact) mass is 346 g/mol. The van der Waals surface area contributed by atoms with E-state index in [0.717, 1.165) is 11.1 Å². The summed E-state index contributed by atoms with van der Waals surface area (Å²) in [6.45, 7) is 0. The molecule has 0 aliphatic rings. The molecule has 0 aliphatic carbocycles. The van der Waals surface area contributed by atoms with Crippen LogP contribution in [0.15, 0.2) is 54.6 Å². The smallest absolute Gasteiger partial charge is 0.220 e. The number of rotatable bonds is 8. The Morgan fingerprint density at radius 1 is 1.04 bits per heavy atom. The van der Waals surface area contributed by atoms with Crippen LogP contribution in [0.2, 0.25) is 5.02 Å². The van der Waals surface area contributed by atoms with Crippen molar-refractivity contribution in [3.63, 3.8) is 0 Å². The number of aliphatic hydroxyl groups is 1. The van der Waals surface area contributed by atoms with Crippen molar-refractivity contribution in [3.05, 3.63) is 70.7 Å². The fourth-order valence-electron chi connectivity index (χ4n) is 2.72. The summed E-state index contributed by atoms with van der Waals surface area (Å²) in [5, 5.41) is 11.0. The number of halogens is 1. The van der Waals surface area contributed by atoms with Gasteiger partial charge in [-0.25, -0.2) is 0 Å². The first-order valence-corrected chi connectivity index (χ1v) is 8.35. The number of hydrogen-bond donors (Lipinski definition) is 3. The molecule has 5 heteroatoms. The second-order valence-corrected chi connectivity index (χ2v) is 6.46. The summed E-state index contributed by atoms with van der Waals surface area (Å²) >= 11 is 6.14. The summed E-state index contributed by atoms with van der Waals surface area (Å²) in [5.41, 5.74) is 13.5. The molecule has 0 aromatic heterocycles. The first-order chi connectivity index (χ1) is 11.5. The maximum Gasteiger partial charge on any atom is 0.220 e. The van der Waals surface area contributed by atoms with Gasteiger partial charge in [-0.2, -0.15) is 0 Å². The number of amides is 1. The van der Waals surface area contributed by atoms with Crippen molar-refractivity contribution in [1.29, 1.82) is 0 Å². The molecule has 2 aromatic rings. The number of carbonyl (C=O) groups is 1.